The van der Waals surface area contributed by atoms with Crippen molar-refractivity contribution < 1.29 is 0 Å². The molecule has 0 heterocycles. The summed E-state index contributed by atoms with van der Waals surface area (Å²) in [6.45, 7) is 0. The first-order valence-electron chi connectivity index (χ1n) is 2.84. The van der Waals surface area contributed by atoms with E-state index in [9.17, 15) is 0 Å². The first-order valence-corrected chi connectivity index (χ1v) is 2.84. The molecular formula is C7H8. The van der Waals surface area contributed by atoms with Crippen LogP contribution in [0.1, 0.15) is 19.3 Å². The Bertz CT molecular complexity index is 149. The van der Waals surface area contributed by atoms with E-state index in [4.69, 9.17) is 0 Å². The van der Waals surface area contributed by atoms with Gasteiger partial charge in [-0.1, -0.05) is 17.7 Å². The van der Waals surface area contributed by atoms with Crippen LogP contribution in [-0.2, 0) is 0 Å². The van der Waals surface area contributed by atoms with Crippen LogP contribution in [0.15, 0.2) is 23.3 Å². The van der Waals surface area contributed by atoms with Crippen LogP contribution >= 0.6 is 0 Å². The van der Waals surface area contributed by atoms with Crippen LogP contribution < -0.4 is 0 Å². The predicted octanol–water partition coefficient (Wildman–Crippen LogP) is 2.04. The lowest BCUT2D eigenvalue weighted by atomic mass is 9.91. The third-order valence-electron chi connectivity index (χ3n) is 1.83. The van der Waals surface area contributed by atoms with Gasteiger partial charge in [-0.3, -0.25) is 0 Å². The molecule has 0 radical (unpaired) electrons. The largest absolute Gasteiger partial charge is 0.0802 e. The Kier molecular flexibility index (Phi) is 0.498. The van der Waals surface area contributed by atoms with Gasteiger partial charge in [-0.25, -0.2) is 0 Å². The summed E-state index contributed by atoms with van der Waals surface area (Å²) in [5, 5.41) is 0. The zero-order chi connectivity index (χ0) is 4.69. The van der Waals surface area contributed by atoms with Crippen molar-refractivity contribution in [2.75, 3.05) is 0 Å². The molecular weight excluding hydrogens is 84.1 g/mol. The fourth-order valence-corrected chi connectivity index (χ4v) is 1.22. The van der Waals surface area contributed by atoms with Gasteiger partial charge in [-0.2, -0.15) is 0 Å². The van der Waals surface area contributed by atoms with Crippen LogP contribution in [-0.4, -0.2) is 0 Å². The minimum Gasteiger partial charge on any atom is -0.0802 e. The topological polar surface area (TPSA) is 0 Å². The lowest BCUT2D eigenvalue weighted by Crippen LogP contribution is -1.95. The monoisotopic (exact) mass is 92.1 g/mol. The molecule has 2 rings (SSSR count). The summed E-state index contributed by atoms with van der Waals surface area (Å²) in [5.74, 6) is 0. The summed E-state index contributed by atoms with van der Waals surface area (Å²) in [5.41, 5.74) is 3.32. The highest BCUT2D eigenvalue weighted by Gasteiger charge is 2.16. The lowest BCUT2D eigenvalue weighted by Gasteiger charge is -2.14. The smallest absolute Gasteiger partial charge is 0.0130 e. The fourth-order valence-electron chi connectivity index (χ4n) is 1.22. The molecule has 7 heavy (non-hydrogen) atoms. The first kappa shape index (κ1) is 3.48. The van der Waals surface area contributed by atoms with E-state index < -0.39 is 0 Å². The first-order chi connectivity index (χ1) is 3.47. The van der Waals surface area contributed by atoms with E-state index in [2.05, 4.69) is 12.2 Å². The molecule has 0 aliphatic heterocycles. The van der Waals surface area contributed by atoms with Gasteiger partial charge in [0.15, 0.2) is 0 Å². The molecule has 0 aromatic carbocycles. The number of rotatable bonds is 0. The third-order valence-corrected chi connectivity index (χ3v) is 1.83. The highest BCUT2D eigenvalue weighted by atomic mass is 14.2. The van der Waals surface area contributed by atoms with Gasteiger partial charge in [0.25, 0.3) is 0 Å². The van der Waals surface area contributed by atoms with Gasteiger partial charge < -0.3 is 0 Å². The summed E-state index contributed by atoms with van der Waals surface area (Å²) in [4.78, 5) is 0. The van der Waals surface area contributed by atoms with E-state index in [1.54, 1.807) is 11.1 Å². The minimum absolute atomic E-state index is 1.26. The van der Waals surface area contributed by atoms with E-state index >= 15 is 0 Å². The molecule has 36 valence electrons. The molecule has 0 saturated heterocycles. The van der Waals surface area contributed by atoms with Crippen LogP contribution in [0, 0.1) is 0 Å². The summed E-state index contributed by atoms with van der Waals surface area (Å²) in [6, 6.07) is 0. The Morgan fingerprint density at radius 2 is 2.29 bits per heavy atom. The molecule has 0 amide bonds. The van der Waals surface area contributed by atoms with E-state index in [1.807, 2.05) is 0 Å². The maximum atomic E-state index is 2.26. The van der Waals surface area contributed by atoms with Crippen molar-refractivity contribution in [2.45, 2.75) is 19.3 Å². The fraction of sp³-hybridized carbons (Fsp3) is 0.429. The second-order valence-electron chi connectivity index (χ2n) is 2.24. The van der Waals surface area contributed by atoms with E-state index in [0.717, 1.165) is 0 Å². The SMILES string of the molecule is C1=CC2=C(C1)CC2. The van der Waals surface area contributed by atoms with Gasteiger partial charge >= 0.3 is 0 Å². The maximum absolute atomic E-state index is 2.26. The summed E-state index contributed by atoms with van der Waals surface area (Å²) >= 11 is 0. The van der Waals surface area contributed by atoms with E-state index in [0.29, 0.717) is 0 Å². The van der Waals surface area contributed by atoms with Crippen molar-refractivity contribution in [2.24, 2.45) is 0 Å². The predicted molar refractivity (Wildman–Crippen MR) is 30.0 cm³/mol. The van der Waals surface area contributed by atoms with E-state index in [-0.39, 0.29) is 0 Å². The Morgan fingerprint density at radius 3 is 2.57 bits per heavy atom. The van der Waals surface area contributed by atoms with Crippen LogP contribution in [0.3, 0.4) is 0 Å². The molecule has 0 unspecified atom stereocenters. The molecule has 0 nitrogen and oxygen atoms in total. The molecule has 0 atom stereocenters. The summed E-state index contributed by atoms with van der Waals surface area (Å²) < 4.78 is 0. The average molecular weight is 92.1 g/mol. The van der Waals surface area contributed by atoms with Gasteiger partial charge in [-0.05, 0) is 24.8 Å². The van der Waals surface area contributed by atoms with Crippen molar-refractivity contribution in [3.8, 4) is 0 Å². The average Bonchev–Trinajstić information content (AvgIpc) is 1.85. The quantitative estimate of drug-likeness (QED) is 0.429. The molecule has 0 aromatic rings. The molecule has 2 aliphatic carbocycles. The molecule has 0 N–H and O–H groups in total. The van der Waals surface area contributed by atoms with Crippen molar-refractivity contribution in [3.63, 3.8) is 0 Å². The van der Waals surface area contributed by atoms with Crippen molar-refractivity contribution in [1.82, 2.24) is 0 Å². The van der Waals surface area contributed by atoms with Crippen LogP contribution in [0.4, 0.5) is 0 Å². The molecule has 0 fully saturated rings. The van der Waals surface area contributed by atoms with Crippen molar-refractivity contribution in [3.05, 3.63) is 23.3 Å². The number of hydrogen-bond donors (Lipinski definition) is 0. The lowest BCUT2D eigenvalue weighted by molar-refractivity contribution is 0.820. The molecule has 0 aromatic heterocycles. The van der Waals surface area contributed by atoms with Crippen LogP contribution in [0.2, 0.25) is 0 Å². The summed E-state index contributed by atoms with van der Waals surface area (Å²) in [7, 11) is 0. The highest BCUT2D eigenvalue weighted by molar-refractivity contribution is 5.40. The van der Waals surface area contributed by atoms with Gasteiger partial charge in [0.2, 0.25) is 0 Å². The Hall–Kier alpha value is -0.520. The molecule has 0 spiro atoms. The third kappa shape index (κ3) is 0.317. The molecule has 2 aliphatic rings. The zero-order valence-corrected chi connectivity index (χ0v) is 4.28. The van der Waals surface area contributed by atoms with Crippen molar-refractivity contribution >= 4 is 0 Å². The van der Waals surface area contributed by atoms with Crippen LogP contribution in [0.5, 0.6) is 0 Å². The Labute approximate surface area is 43.5 Å². The van der Waals surface area contributed by atoms with Gasteiger partial charge in [-0.15, -0.1) is 0 Å². The Balaban J connectivity index is 2.41. The highest BCUT2D eigenvalue weighted by Crippen LogP contribution is 2.35. The molecule has 0 heteroatoms. The van der Waals surface area contributed by atoms with Gasteiger partial charge in [0.05, 0.1) is 0 Å². The van der Waals surface area contributed by atoms with Crippen LogP contribution in [0.25, 0.3) is 0 Å². The van der Waals surface area contributed by atoms with E-state index in [1.165, 1.54) is 19.3 Å². The molecule has 0 saturated carbocycles. The Morgan fingerprint density at radius 1 is 1.29 bits per heavy atom. The minimum atomic E-state index is 1.26. The second kappa shape index (κ2) is 1.00. The normalized spacial score (nSPS) is 25.1. The van der Waals surface area contributed by atoms with Gasteiger partial charge in [0.1, 0.15) is 0 Å². The second-order valence-corrected chi connectivity index (χ2v) is 2.24. The number of allylic oxidation sites excluding steroid dienone is 4. The number of hydrogen-bond acceptors (Lipinski definition) is 0. The van der Waals surface area contributed by atoms with Crippen molar-refractivity contribution in [1.29, 1.82) is 0 Å². The zero-order valence-electron chi connectivity index (χ0n) is 4.28. The van der Waals surface area contributed by atoms with Gasteiger partial charge in [0, 0.05) is 0 Å². The standard InChI is InChI=1S/C7H8/c1-2-6-4-5-7(6)3-1/h1-2H,3-5H2. The summed E-state index contributed by atoms with van der Waals surface area (Å²) in [6.07, 6.45) is 8.51. The maximum Gasteiger partial charge on any atom is -0.0130 e. The molecule has 0 bridgehead atoms.